The van der Waals surface area contributed by atoms with Gasteiger partial charge in [-0.2, -0.15) is 0 Å². The number of hydrogen-bond acceptors (Lipinski definition) is 0. The van der Waals surface area contributed by atoms with Gasteiger partial charge in [0.15, 0.2) is 0 Å². The van der Waals surface area contributed by atoms with E-state index in [0.717, 1.165) is 6.42 Å². The van der Waals surface area contributed by atoms with Crippen molar-refractivity contribution in [2.45, 2.75) is 69.4 Å². The summed E-state index contributed by atoms with van der Waals surface area (Å²) in [5.41, 5.74) is 16.6. The van der Waals surface area contributed by atoms with Crippen LogP contribution < -0.4 is 0 Å². The van der Waals surface area contributed by atoms with E-state index in [1.54, 1.807) is 0 Å². The summed E-state index contributed by atoms with van der Waals surface area (Å²) in [5.74, 6) is 0.628. The van der Waals surface area contributed by atoms with Crippen LogP contribution in [0.5, 0.6) is 0 Å². The average molecular weight is 732 g/mol. The molecule has 4 aromatic rings. The van der Waals surface area contributed by atoms with E-state index in [2.05, 4.69) is 156 Å². The first-order valence-corrected chi connectivity index (χ1v) is 33.3. The van der Waals surface area contributed by atoms with Gasteiger partial charge in [-0.05, 0) is 0 Å². The summed E-state index contributed by atoms with van der Waals surface area (Å²) in [6, 6.07) is 28.1. The zero-order valence-corrected chi connectivity index (χ0v) is 31.3. The second-order valence-electron chi connectivity index (χ2n) is 16.5. The van der Waals surface area contributed by atoms with E-state index in [0.29, 0.717) is 13.3 Å². The molecule has 0 aromatic heterocycles. The molecule has 0 spiro atoms. The molecule has 221 valence electrons. The topological polar surface area (TPSA) is 0 Å². The first-order valence-electron chi connectivity index (χ1n) is 16.3. The molecule has 0 nitrogen and oxygen atoms in total. The van der Waals surface area contributed by atoms with Crippen LogP contribution >= 0.6 is 0 Å². The molecule has 2 atom stereocenters. The third kappa shape index (κ3) is 5.06. The summed E-state index contributed by atoms with van der Waals surface area (Å²) in [5, 5.41) is 0. The molecule has 2 aliphatic rings. The van der Waals surface area contributed by atoms with Crippen LogP contribution in [-0.4, -0.2) is 3.76 Å². The predicted molar refractivity (Wildman–Crippen MR) is 189 cm³/mol. The van der Waals surface area contributed by atoms with Gasteiger partial charge in [0.05, 0.1) is 0 Å². The summed E-state index contributed by atoms with van der Waals surface area (Å²) < 4.78 is 12.0. The molecule has 4 aromatic carbocycles. The van der Waals surface area contributed by atoms with Crippen LogP contribution in [0, 0.1) is 33.6 Å². The Balaban J connectivity index is 1.56. The molecule has 0 bridgehead atoms. The maximum atomic E-state index is 2.90. The Morgan fingerprint density at radius 2 is 1.00 bits per heavy atom. The van der Waals surface area contributed by atoms with Crippen molar-refractivity contribution >= 4 is 15.9 Å². The molecule has 0 aliphatic heterocycles. The Morgan fingerprint density at radius 3 is 1.37 bits per heavy atom. The molecule has 0 radical (unpaired) electrons. The van der Waals surface area contributed by atoms with Crippen molar-refractivity contribution in [1.29, 1.82) is 0 Å². The monoisotopic (exact) mass is 733 g/mol. The molecule has 1 heteroatoms. The van der Waals surface area contributed by atoms with Crippen molar-refractivity contribution in [2.24, 2.45) is 5.92 Å². The van der Waals surface area contributed by atoms with Gasteiger partial charge in [-0.3, -0.25) is 0 Å². The van der Waals surface area contributed by atoms with E-state index in [-0.39, 0.29) is 0 Å². The zero-order valence-electron chi connectivity index (χ0n) is 27.8. The third-order valence-electron chi connectivity index (χ3n) is 10.9. The molecule has 0 heterocycles. The van der Waals surface area contributed by atoms with Crippen molar-refractivity contribution < 1.29 is 16.5 Å². The molecule has 2 aliphatic carbocycles. The van der Waals surface area contributed by atoms with Gasteiger partial charge in [0.2, 0.25) is 0 Å². The fourth-order valence-corrected chi connectivity index (χ4v) is 34.7. The summed E-state index contributed by atoms with van der Waals surface area (Å²) in [7, 11) is 0. The fraction of sp³-hybridized carbons (Fsp3) is 0.310. The van der Waals surface area contributed by atoms with E-state index >= 15 is 0 Å². The van der Waals surface area contributed by atoms with Crippen LogP contribution in [0.1, 0.15) is 72.1 Å². The third-order valence-corrected chi connectivity index (χ3v) is 40.1. The quantitative estimate of drug-likeness (QED) is 0.173. The minimum absolute atomic E-state index is 0.417. The van der Waals surface area contributed by atoms with Crippen LogP contribution in [0.3, 0.4) is 0 Å². The molecule has 0 saturated carbocycles. The van der Waals surface area contributed by atoms with Crippen molar-refractivity contribution in [3.8, 4) is 22.3 Å². The van der Waals surface area contributed by atoms with E-state index in [1.807, 2.05) is 0 Å². The molecule has 43 heavy (non-hydrogen) atoms. The number of benzene rings is 4. The minimum atomic E-state index is -4.53. The van der Waals surface area contributed by atoms with Crippen LogP contribution in [0.4, 0.5) is 0 Å². The van der Waals surface area contributed by atoms with Crippen molar-refractivity contribution in [1.82, 2.24) is 0 Å². The Morgan fingerprint density at radius 1 is 0.605 bits per heavy atom. The standard InChI is InChI=1S/2C17H15.C5H10.3CH3.Hf/c2*1-12-9-13(2)11-15(10-12)17-8-4-6-14-5-3-7-16(14)17;1-4-5(2)3;;;;/h2*3-11H,1-2H3;1,5H,4H2,2-3H3;3*1H3;. The predicted octanol–water partition coefficient (Wildman–Crippen LogP) is 12.3. The van der Waals surface area contributed by atoms with E-state index in [1.165, 1.54) is 66.8 Å². The second kappa shape index (κ2) is 10.1. The van der Waals surface area contributed by atoms with Gasteiger partial charge in [0.25, 0.3) is 0 Å². The number of hydrogen-bond donors (Lipinski definition) is 0. The normalized spacial score (nSPS) is 18.8. The van der Waals surface area contributed by atoms with Crippen molar-refractivity contribution in [2.75, 3.05) is 0 Å². The van der Waals surface area contributed by atoms with E-state index in [4.69, 9.17) is 0 Å². The maximum absolute atomic E-state index is 4.53. The summed E-state index contributed by atoms with van der Waals surface area (Å²) in [4.78, 5) is 0. The Kier molecular flexibility index (Phi) is 7.05. The summed E-state index contributed by atoms with van der Waals surface area (Å²) in [6.45, 7) is 13.6. The van der Waals surface area contributed by atoms with Gasteiger partial charge in [0.1, 0.15) is 0 Å². The van der Waals surface area contributed by atoms with Crippen molar-refractivity contribution in [3.05, 3.63) is 129 Å². The van der Waals surface area contributed by atoms with Gasteiger partial charge < -0.3 is 0 Å². The van der Waals surface area contributed by atoms with E-state index < -0.39 is 16.5 Å². The molecular formula is C42H49Hf. The zero-order chi connectivity index (χ0) is 30.8. The van der Waals surface area contributed by atoms with Gasteiger partial charge in [0, 0.05) is 0 Å². The Bertz CT molecular complexity index is 1750. The molecule has 0 amide bonds. The van der Waals surface area contributed by atoms with E-state index in [9.17, 15) is 0 Å². The fourth-order valence-electron chi connectivity index (χ4n) is 8.70. The van der Waals surface area contributed by atoms with Crippen molar-refractivity contribution in [3.63, 3.8) is 0 Å². The number of fused-ring (bicyclic) bond motifs is 2. The Hall–Kier alpha value is -2.90. The van der Waals surface area contributed by atoms with Gasteiger partial charge in [-0.25, -0.2) is 0 Å². The first-order chi connectivity index (χ1) is 20.2. The number of rotatable bonds is 6. The summed E-state index contributed by atoms with van der Waals surface area (Å²) in [6.07, 6.45) is 11.3. The van der Waals surface area contributed by atoms with Gasteiger partial charge in [-0.1, -0.05) is 0 Å². The molecular weight excluding hydrogens is 683 g/mol. The van der Waals surface area contributed by atoms with Crippen LogP contribution in [-0.2, 0) is 16.5 Å². The van der Waals surface area contributed by atoms with Gasteiger partial charge in [-0.15, -0.1) is 0 Å². The SMILES string of the molecule is Cc1cc(C)cc(-c2cccc3c2C=C[CH]3[Hf]([CH3])([CH3])([CH3])(=[CH]CC(C)C)[CH]2C=Cc3c(-c4cc(C)cc(C)c4)cccc32)c1. The molecule has 6 rings (SSSR count). The average Bonchev–Trinajstić information content (AvgIpc) is 3.57. The second-order valence-corrected chi connectivity index (χ2v) is 55.4. The first kappa shape index (κ1) is 30.1. The summed E-state index contributed by atoms with van der Waals surface area (Å²) >= 11 is -4.53. The Labute approximate surface area is 258 Å². The number of aryl methyl sites for hydroxylation is 4. The van der Waals surface area contributed by atoms with Crippen LogP contribution in [0.2, 0.25) is 14.0 Å². The number of allylic oxidation sites excluding steroid dienone is 2. The molecule has 0 N–H and O–H groups in total. The van der Waals surface area contributed by atoms with Crippen LogP contribution in [0.25, 0.3) is 34.4 Å². The van der Waals surface area contributed by atoms with Crippen LogP contribution in [0.15, 0.2) is 84.9 Å². The molecule has 0 fully saturated rings. The van der Waals surface area contributed by atoms with Gasteiger partial charge >= 0.3 is 259 Å². The molecule has 0 saturated heterocycles. The molecule has 2 unspecified atom stereocenters.